The molecule has 2 fully saturated rings. The lowest BCUT2D eigenvalue weighted by molar-refractivity contribution is -0.161. The van der Waals surface area contributed by atoms with Gasteiger partial charge in [0.25, 0.3) is 0 Å². The first-order valence-corrected chi connectivity index (χ1v) is 5.55. The lowest BCUT2D eigenvalue weighted by Crippen LogP contribution is -2.45. The number of fused-ring (bicyclic) bond motifs is 1. The SMILES string of the molecule is COC(=O)C12C(O)NC(O)C1(C(=O)OC)C2(C)C. The molecule has 4 atom stereocenters. The molecule has 0 spiro atoms. The van der Waals surface area contributed by atoms with E-state index in [0.29, 0.717) is 0 Å². The molecule has 102 valence electrons. The number of aliphatic hydroxyl groups excluding tert-OH is 2. The van der Waals surface area contributed by atoms with E-state index >= 15 is 0 Å². The van der Waals surface area contributed by atoms with E-state index in [1.165, 1.54) is 14.2 Å². The Kier molecular flexibility index (Phi) is 2.53. The van der Waals surface area contributed by atoms with Crippen molar-refractivity contribution in [3.63, 3.8) is 0 Å². The topological polar surface area (TPSA) is 105 Å². The zero-order chi connectivity index (χ0) is 13.9. The molecule has 18 heavy (non-hydrogen) atoms. The Balaban J connectivity index is 2.62. The Labute approximate surface area is 104 Å². The highest BCUT2D eigenvalue weighted by atomic mass is 16.5. The number of nitrogens with one attached hydrogen (secondary N) is 1. The van der Waals surface area contributed by atoms with Gasteiger partial charge in [-0.15, -0.1) is 0 Å². The molecule has 3 N–H and O–H groups in total. The van der Waals surface area contributed by atoms with Crippen LogP contribution in [0.4, 0.5) is 0 Å². The molecule has 0 radical (unpaired) electrons. The summed E-state index contributed by atoms with van der Waals surface area (Å²) in [6, 6.07) is 0. The molecule has 2 aliphatic rings. The van der Waals surface area contributed by atoms with Crippen molar-refractivity contribution >= 4 is 11.9 Å². The van der Waals surface area contributed by atoms with Crippen LogP contribution in [0.2, 0.25) is 0 Å². The molecule has 1 heterocycles. The first-order valence-electron chi connectivity index (χ1n) is 5.55. The molecule has 1 saturated heterocycles. The number of rotatable bonds is 2. The van der Waals surface area contributed by atoms with E-state index in [0.717, 1.165) is 0 Å². The third-order valence-corrected chi connectivity index (χ3v) is 4.68. The van der Waals surface area contributed by atoms with Crippen LogP contribution >= 0.6 is 0 Å². The van der Waals surface area contributed by atoms with Gasteiger partial charge in [-0.3, -0.25) is 14.9 Å². The molecule has 1 saturated carbocycles. The first kappa shape index (κ1) is 13.3. The van der Waals surface area contributed by atoms with Gasteiger partial charge in [0, 0.05) is 5.41 Å². The zero-order valence-electron chi connectivity index (χ0n) is 10.7. The second kappa shape index (κ2) is 3.43. The number of carbonyl (C=O) groups is 2. The predicted molar refractivity (Wildman–Crippen MR) is 57.8 cm³/mol. The van der Waals surface area contributed by atoms with Crippen LogP contribution < -0.4 is 5.32 Å². The van der Waals surface area contributed by atoms with Crippen LogP contribution in [0.5, 0.6) is 0 Å². The van der Waals surface area contributed by atoms with Gasteiger partial charge in [-0.25, -0.2) is 0 Å². The normalized spacial score (nSPS) is 44.1. The Hall–Kier alpha value is -1.18. The van der Waals surface area contributed by atoms with Gasteiger partial charge >= 0.3 is 11.9 Å². The van der Waals surface area contributed by atoms with E-state index in [4.69, 9.17) is 9.47 Å². The summed E-state index contributed by atoms with van der Waals surface area (Å²) in [4.78, 5) is 24.1. The monoisotopic (exact) mass is 259 g/mol. The molecule has 0 amide bonds. The van der Waals surface area contributed by atoms with E-state index in [1.807, 2.05) is 0 Å². The predicted octanol–water partition coefficient (Wildman–Crippen LogP) is -1.41. The second-order valence-corrected chi connectivity index (χ2v) is 5.20. The second-order valence-electron chi connectivity index (χ2n) is 5.20. The standard InChI is InChI=1S/C11H17NO6/c1-9(2)10(7(15)17-3)5(13)12-6(14)11(9,10)8(16)18-4/h5-6,12-14H,1-4H3. The molecule has 0 aromatic rings. The van der Waals surface area contributed by atoms with E-state index in [1.54, 1.807) is 13.8 Å². The van der Waals surface area contributed by atoms with Crippen molar-refractivity contribution in [2.75, 3.05) is 14.2 Å². The van der Waals surface area contributed by atoms with E-state index in [-0.39, 0.29) is 0 Å². The van der Waals surface area contributed by atoms with Crippen LogP contribution in [0, 0.1) is 16.2 Å². The Morgan fingerprint density at radius 3 is 1.61 bits per heavy atom. The highest BCUT2D eigenvalue weighted by Gasteiger charge is 2.98. The Bertz CT molecular complexity index is 386. The third kappa shape index (κ3) is 0.908. The van der Waals surface area contributed by atoms with Crippen LogP contribution in [-0.2, 0) is 19.1 Å². The van der Waals surface area contributed by atoms with Gasteiger partial charge in [0.05, 0.1) is 14.2 Å². The highest BCUT2D eigenvalue weighted by molar-refractivity contribution is 5.99. The Morgan fingerprint density at radius 1 is 1.00 bits per heavy atom. The summed E-state index contributed by atoms with van der Waals surface area (Å²) in [5, 5.41) is 22.4. The largest absolute Gasteiger partial charge is 0.468 e. The number of hydrogen-bond acceptors (Lipinski definition) is 7. The molecule has 1 aliphatic heterocycles. The molecular weight excluding hydrogens is 242 g/mol. The summed E-state index contributed by atoms with van der Waals surface area (Å²) in [7, 11) is 2.34. The van der Waals surface area contributed by atoms with Crippen LogP contribution in [0.3, 0.4) is 0 Å². The van der Waals surface area contributed by atoms with Crippen molar-refractivity contribution in [1.29, 1.82) is 0 Å². The fourth-order valence-corrected chi connectivity index (χ4v) is 3.84. The summed E-state index contributed by atoms with van der Waals surface area (Å²) < 4.78 is 9.39. The highest BCUT2D eigenvalue weighted by Crippen LogP contribution is 2.83. The van der Waals surface area contributed by atoms with Gasteiger partial charge in [-0.05, 0) is 0 Å². The van der Waals surface area contributed by atoms with Crippen molar-refractivity contribution in [2.45, 2.75) is 26.3 Å². The molecule has 0 aromatic heterocycles. The maximum atomic E-state index is 12.0. The Morgan fingerprint density at radius 2 is 1.33 bits per heavy atom. The number of aliphatic hydroxyl groups is 2. The number of carbonyl (C=O) groups excluding carboxylic acids is 2. The minimum Gasteiger partial charge on any atom is -0.468 e. The fourth-order valence-electron chi connectivity index (χ4n) is 3.84. The maximum absolute atomic E-state index is 12.0. The average molecular weight is 259 g/mol. The minimum absolute atomic E-state index is 0.741. The quantitative estimate of drug-likeness (QED) is 0.523. The van der Waals surface area contributed by atoms with Gasteiger partial charge in [0.2, 0.25) is 0 Å². The number of hydrogen-bond donors (Lipinski definition) is 3. The van der Waals surface area contributed by atoms with Crippen molar-refractivity contribution in [2.24, 2.45) is 16.2 Å². The summed E-state index contributed by atoms with van der Waals surface area (Å²) in [5.41, 5.74) is -4.02. The molecule has 0 bridgehead atoms. The fraction of sp³-hybridized carbons (Fsp3) is 0.818. The molecule has 4 unspecified atom stereocenters. The van der Waals surface area contributed by atoms with Crippen molar-refractivity contribution in [3.8, 4) is 0 Å². The van der Waals surface area contributed by atoms with Crippen LogP contribution in [-0.4, -0.2) is 48.8 Å². The lowest BCUT2D eigenvalue weighted by atomic mass is 9.94. The van der Waals surface area contributed by atoms with Gasteiger partial charge in [-0.2, -0.15) is 0 Å². The molecule has 7 heteroatoms. The lowest BCUT2D eigenvalue weighted by Gasteiger charge is -2.24. The number of ether oxygens (including phenoxy) is 2. The zero-order valence-corrected chi connectivity index (χ0v) is 10.7. The third-order valence-electron chi connectivity index (χ3n) is 4.68. The summed E-state index contributed by atoms with van der Waals surface area (Å²) >= 11 is 0. The molecule has 2 rings (SSSR count). The summed E-state index contributed by atoms with van der Waals surface area (Å²) in [5.74, 6) is -1.48. The van der Waals surface area contributed by atoms with E-state index < -0.39 is 40.6 Å². The average Bonchev–Trinajstić information content (AvgIpc) is 2.66. The van der Waals surface area contributed by atoms with Crippen molar-refractivity contribution < 1.29 is 29.3 Å². The van der Waals surface area contributed by atoms with Crippen LogP contribution in [0.25, 0.3) is 0 Å². The van der Waals surface area contributed by atoms with E-state index in [2.05, 4.69) is 5.32 Å². The van der Waals surface area contributed by atoms with Crippen LogP contribution in [0.15, 0.2) is 0 Å². The van der Waals surface area contributed by atoms with Crippen molar-refractivity contribution in [1.82, 2.24) is 5.32 Å². The number of piperidine rings is 1. The van der Waals surface area contributed by atoms with Crippen LogP contribution in [0.1, 0.15) is 13.8 Å². The summed E-state index contributed by atoms with van der Waals surface area (Å²) in [6.45, 7) is 3.24. The minimum atomic E-state index is -1.53. The van der Waals surface area contributed by atoms with E-state index in [9.17, 15) is 19.8 Å². The molecule has 7 nitrogen and oxygen atoms in total. The molecule has 1 aliphatic carbocycles. The molecular formula is C11H17NO6. The van der Waals surface area contributed by atoms with Gasteiger partial charge in [0.15, 0.2) is 0 Å². The van der Waals surface area contributed by atoms with Gasteiger partial charge in [-0.1, -0.05) is 13.8 Å². The molecule has 0 aromatic carbocycles. The number of esters is 2. The van der Waals surface area contributed by atoms with Gasteiger partial charge < -0.3 is 19.7 Å². The number of methoxy groups -OCH3 is 2. The smallest absolute Gasteiger partial charge is 0.317 e. The first-order chi connectivity index (χ1) is 8.26. The van der Waals surface area contributed by atoms with Crippen molar-refractivity contribution in [3.05, 3.63) is 0 Å². The maximum Gasteiger partial charge on any atom is 0.317 e. The van der Waals surface area contributed by atoms with Gasteiger partial charge in [0.1, 0.15) is 23.3 Å². The summed E-state index contributed by atoms with van der Waals surface area (Å²) in [6.07, 6.45) is -2.73.